The van der Waals surface area contributed by atoms with Gasteiger partial charge in [-0.25, -0.2) is 4.98 Å². The fourth-order valence-corrected chi connectivity index (χ4v) is 4.54. The van der Waals surface area contributed by atoms with Gasteiger partial charge < -0.3 is 9.47 Å². The van der Waals surface area contributed by atoms with Crippen molar-refractivity contribution in [1.29, 1.82) is 0 Å². The highest BCUT2D eigenvalue weighted by atomic mass is 32.1. The molecule has 3 aromatic rings. The number of anilines is 1. The van der Waals surface area contributed by atoms with E-state index in [2.05, 4.69) is 10.00 Å². The number of aryl methyl sites for hydroxylation is 1. The lowest BCUT2D eigenvalue weighted by molar-refractivity contribution is 0.0376. The zero-order chi connectivity index (χ0) is 20.9. The molecule has 160 valence electrons. The van der Waals surface area contributed by atoms with Gasteiger partial charge in [0, 0.05) is 39.4 Å². The predicted molar refractivity (Wildman–Crippen MR) is 118 cm³/mol. The summed E-state index contributed by atoms with van der Waals surface area (Å²) in [5, 5.41) is 4.98. The Bertz CT molecular complexity index is 996. The molecule has 0 unspecified atom stereocenters. The maximum atomic E-state index is 13.3. The summed E-state index contributed by atoms with van der Waals surface area (Å²) in [7, 11) is 1.81. The van der Waals surface area contributed by atoms with E-state index in [4.69, 9.17) is 14.5 Å². The van der Waals surface area contributed by atoms with Crippen molar-refractivity contribution in [2.24, 2.45) is 7.05 Å². The number of carbonyl (C=O) groups excluding carboxylic acids is 1. The number of carbonyl (C=O) groups is 1. The fraction of sp³-hybridized carbons (Fsp3) is 0.476. The van der Waals surface area contributed by atoms with Gasteiger partial charge >= 0.3 is 0 Å². The number of ether oxygens (including phenoxy) is 2. The number of nitrogens with zero attached hydrogens (tertiary/aromatic N) is 5. The number of benzene rings is 1. The average Bonchev–Trinajstić information content (AvgIpc) is 3.38. The zero-order valence-electron chi connectivity index (χ0n) is 17.4. The van der Waals surface area contributed by atoms with Crippen LogP contribution >= 0.6 is 11.3 Å². The van der Waals surface area contributed by atoms with Crippen molar-refractivity contribution < 1.29 is 14.3 Å². The van der Waals surface area contributed by atoms with Crippen LogP contribution in [0.3, 0.4) is 0 Å². The van der Waals surface area contributed by atoms with Crippen LogP contribution in [0.1, 0.15) is 23.8 Å². The first kappa shape index (κ1) is 20.8. The molecule has 0 aliphatic carbocycles. The number of fused-ring (bicyclic) bond motifs is 1. The van der Waals surface area contributed by atoms with Crippen molar-refractivity contribution in [2.75, 3.05) is 50.9 Å². The highest BCUT2D eigenvalue weighted by Gasteiger charge is 2.24. The highest BCUT2D eigenvalue weighted by Crippen LogP contribution is 2.34. The molecular weight excluding hydrogens is 402 g/mol. The Morgan fingerprint density at radius 2 is 2.13 bits per heavy atom. The van der Waals surface area contributed by atoms with Gasteiger partial charge in [0.1, 0.15) is 11.3 Å². The van der Waals surface area contributed by atoms with E-state index in [1.54, 1.807) is 21.8 Å². The summed E-state index contributed by atoms with van der Waals surface area (Å²) in [6, 6.07) is 7.63. The second kappa shape index (κ2) is 9.55. The molecule has 1 fully saturated rings. The third-order valence-electron chi connectivity index (χ3n) is 5.04. The Balaban J connectivity index is 1.58. The summed E-state index contributed by atoms with van der Waals surface area (Å²) in [5.41, 5.74) is 1.22. The van der Waals surface area contributed by atoms with Crippen LogP contribution in [0.4, 0.5) is 5.13 Å². The lowest BCUT2D eigenvalue weighted by Gasteiger charge is -2.27. The van der Waals surface area contributed by atoms with Gasteiger partial charge in [0.15, 0.2) is 10.8 Å². The second-order valence-corrected chi connectivity index (χ2v) is 8.18. The number of hydrogen-bond acceptors (Lipinski definition) is 7. The molecule has 9 heteroatoms. The molecule has 2 aromatic heterocycles. The van der Waals surface area contributed by atoms with Crippen molar-refractivity contribution in [2.45, 2.75) is 13.3 Å². The number of rotatable bonds is 8. The number of para-hydroxylation sites is 1. The molecule has 0 N–H and O–H groups in total. The van der Waals surface area contributed by atoms with Crippen molar-refractivity contribution in [3.8, 4) is 5.75 Å². The molecule has 0 saturated carbocycles. The largest absolute Gasteiger partial charge is 0.492 e. The number of thiazole rings is 1. The third-order valence-corrected chi connectivity index (χ3v) is 6.08. The minimum atomic E-state index is -0.130. The van der Waals surface area contributed by atoms with Crippen LogP contribution in [-0.2, 0) is 11.8 Å². The number of aromatic nitrogens is 3. The Hall–Kier alpha value is -2.49. The minimum Gasteiger partial charge on any atom is -0.492 e. The summed E-state index contributed by atoms with van der Waals surface area (Å²) in [6.45, 7) is 7.45. The van der Waals surface area contributed by atoms with Gasteiger partial charge in [-0.2, -0.15) is 5.10 Å². The first-order chi connectivity index (χ1) is 14.7. The normalized spacial score (nSPS) is 14.9. The smallest absolute Gasteiger partial charge is 0.280 e. The number of amides is 1. The molecule has 1 aliphatic heterocycles. The van der Waals surface area contributed by atoms with E-state index in [1.807, 2.05) is 32.2 Å². The summed E-state index contributed by atoms with van der Waals surface area (Å²) < 4.78 is 13.8. The van der Waals surface area contributed by atoms with Gasteiger partial charge in [-0.05, 0) is 31.5 Å². The number of morpholine rings is 1. The maximum Gasteiger partial charge on any atom is 0.280 e. The van der Waals surface area contributed by atoms with Crippen LogP contribution in [0, 0.1) is 0 Å². The van der Waals surface area contributed by atoms with E-state index in [0.717, 1.165) is 55.2 Å². The van der Waals surface area contributed by atoms with Gasteiger partial charge in [0.05, 0.1) is 24.5 Å². The van der Waals surface area contributed by atoms with E-state index in [9.17, 15) is 4.79 Å². The van der Waals surface area contributed by atoms with E-state index >= 15 is 0 Å². The second-order valence-electron chi connectivity index (χ2n) is 7.17. The molecule has 4 rings (SSSR count). The van der Waals surface area contributed by atoms with E-state index in [-0.39, 0.29) is 5.91 Å². The summed E-state index contributed by atoms with van der Waals surface area (Å²) in [6.07, 6.45) is 2.64. The van der Waals surface area contributed by atoms with Crippen LogP contribution in [0.15, 0.2) is 30.5 Å². The van der Waals surface area contributed by atoms with Crippen LogP contribution in [0.2, 0.25) is 0 Å². The highest BCUT2D eigenvalue weighted by molar-refractivity contribution is 7.22. The molecule has 1 aliphatic rings. The van der Waals surface area contributed by atoms with Crippen LogP contribution in [0.5, 0.6) is 5.75 Å². The lowest BCUT2D eigenvalue weighted by atomic mass is 10.3. The quantitative estimate of drug-likeness (QED) is 0.548. The topological polar surface area (TPSA) is 72.7 Å². The minimum absolute atomic E-state index is 0.130. The molecule has 1 amide bonds. The summed E-state index contributed by atoms with van der Waals surface area (Å²) in [4.78, 5) is 22.2. The molecule has 30 heavy (non-hydrogen) atoms. The Kier molecular flexibility index (Phi) is 6.61. The predicted octanol–water partition coefficient (Wildman–Crippen LogP) is 2.80. The third kappa shape index (κ3) is 4.63. The van der Waals surface area contributed by atoms with Crippen LogP contribution < -0.4 is 9.64 Å². The van der Waals surface area contributed by atoms with Crippen molar-refractivity contribution in [1.82, 2.24) is 19.7 Å². The monoisotopic (exact) mass is 429 g/mol. The van der Waals surface area contributed by atoms with Gasteiger partial charge in [-0.1, -0.05) is 17.4 Å². The van der Waals surface area contributed by atoms with Crippen molar-refractivity contribution in [3.05, 3.63) is 36.2 Å². The molecule has 1 saturated heterocycles. The first-order valence-electron chi connectivity index (χ1n) is 10.3. The zero-order valence-corrected chi connectivity index (χ0v) is 18.2. The van der Waals surface area contributed by atoms with Crippen molar-refractivity contribution >= 4 is 32.6 Å². The molecule has 0 radical (unpaired) electrons. The Morgan fingerprint density at radius 1 is 1.30 bits per heavy atom. The molecule has 0 atom stereocenters. The maximum absolute atomic E-state index is 13.3. The lowest BCUT2D eigenvalue weighted by Crippen LogP contribution is -2.39. The van der Waals surface area contributed by atoms with Gasteiger partial charge in [-0.3, -0.25) is 19.3 Å². The van der Waals surface area contributed by atoms with E-state index in [0.29, 0.717) is 24.0 Å². The van der Waals surface area contributed by atoms with Gasteiger partial charge in [0.25, 0.3) is 5.91 Å². The molecule has 1 aromatic carbocycles. The molecule has 3 heterocycles. The first-order valence-corrected chi connectivity index (χ1v) is 11.1. The number of hydrogen-bond donors (Lipinski definition) is 0. The van der Waals surface area contributed by atoms with Crippen LogP contribution in [0.25, 0.3) is 10.2 Å². The van der Waals surface area contributed by atoms with E-state index in [1.165, 1.54) is 11.3 Å². The molecule has 0 spiro atoms. The van der Waals surface area contributed by atoms with Gasteiger partial charge in [0.2, 0.25) is 0 Å². The fourth-order valence-electron chi connectivity index (χ4n) is 3.53. The van der Waals surface area contributed by atoms with Crippen LogP contribution in [-0.4, -0.2) is 71.6 Å². The van der Waals surface area contributed by atoms with Gasteiger partial charge in [-0.15, -0.1) is 0 Å². The summed E-state index contributed by atoms with van der Waals surface area (Å²) in [5.74, 6) is 0.616. The Morgan fingerprint density at radius 3 is 2.87 bits per heavy atom. The molecule has 0 bridgehead atoms. The molecular formula is C21H27N5O3S. The standard InChI is InChI=1S/C21H27N5O3S/c1-3-29-17-6-4-7-18-19(17)22-21(30-18)26(20(27)16-8-11-24(2)23-16)10-5-9-25-12-14-28-15-13-25/h4,6-8,11H,3,5,9-10,12-15H2,1-2H3. The van der Waals surface area contributed by atoms with Crippen molar-refractivity contribution in [3.63, 3.8) is 0 Å². The Labute approximate surface area is 180 Å². The SMILES string of the molecule is CCOc1cccc2sc(N(CCCN3CCOCC3)C(=O)c3ccn(C)n3)nc12. The molecule has 8 nitrogen and oxygen atoms in total. The summed E-state index contributed by atoms with van der Waals surface area (Å²) >= 11 is 1.51. The van der Waals surface area contributed by atoms with E-state index < -0.39 is 0 Å². The average molecular weight is 430 g/mol.